The number of cyclic esters (lactones) is 1. The summed E-state index contributed by atoms with van der Waals surface area (Å²) >= 11 is 0. The highest BCUT2D eigenvalue weighted by Gasteiger charge is 2.36. The standard InChI is InChI=1S/C19H14FN3O2/c20-16-8-15(10-22-11-16)12-3-1-4-13(7-12)17-18(25-19(24)23-17)14-5-2-6-21-9-14/h1-11,17-18H,(H,23,24)/t17-,18-/m1/s1. The highest BCUT2D eigenvalue weighted by molar-refractivity contribution is 5.72. The van der Waals surface area contributed by atoms with E-state index in [9.17, 15) is 9.18 Å². The molecule has 0 radical (unpaired) electrons. The summed E-state index contributed by atoms with van der Waals surface area (Å²) in [5.74, 6) is -0.395. The SMILES string of the molecule is O=C1N[C@H](c2cccc(-c3cncc(F)c3)c2)[C@@H](c2cccnc2)O1. The topological polar surface area (TPSA) is 64.1 Å². The van der Waals surface area contributed by atoms with Crippen LogP contribution in [0.4, 0.5) is 9.18 Å². The van der Waals surface area contributed by atoms with E-state index in [2.05, 4.69) is 15.3 Å². The van der Waals surface area contributed by atoms with E-state index in [4.69, 9.17) is 4.74 Å². The number of rotatable bonds is 3. The van der Waals surface area contributed by atoms with E-state index in [0.717, 1.165) is 22.9 Å². The molecule has 1 saturated heterocycles. The number of benzene rings is 1. The monoisotopic (exact) mass is 335 g/mol. The Bertz CT molecular complexity index is 917. The zero-order valence-electron chi connectivity index (χ0n) is 13.1. The van der Waals surface area contributed by atoms with Crippen molar-refractivity contribution in [1.82, 2.24) is 15.3 Å². The van der Waals surface area contributed by atoms with Gasteiger partial charge in [0.1, 0.15) is 5.82 Å². The third kappa shape index (κ3) is 3.06. The number of aromatic nitrogens is 2. The summed E-state index contributed by atoms with van der Waals surface area (Å²) in [6.07, 6.45) is 5.17. The number of amides is 1. The fraction of sp³-hybridized carbons (Fsp3) is 0.105. The lowest BCUT2D eigenvalue weighted by Gasteiger charge is -2.18. The van der Waals surface area contributed by atoms with Crippen LogP contribution in [0, 0.1) is 5.82 Å². The molecule has 1 aliphatic rings. The third-order valence-electron chi connectivity index (χ3n) is 4.11. The van der Waals surface area contributed by atoms with Crippen LogP contribution in [-0.4, -0.2) is 16.1 Å². The maximum Gasteiger partial charge on any atom is 0.408 e. The van der Waals surface area contributed by atoms with Gasteiger partial charge in [-0.05, 0) is 29.3 Å². The summed E-state index contributed by atoms with van der Waals surface area (Å²) in [6.45, 7) is 0. The quantitative estimate of drug-likeness (QED) is 0.790. The van der Waals surface area contributed by atoms with E-state index >= 15 is 0 Å². The Kier molecular flexibility index (Phi) is 3.85. The fourth-order valence-corrected chi connectivity index (χ4v) is 2.96. The second-order valence-corrected chi connectivity index (χ2v) is 5.75. The van der Waals surface area contributed by atoms with Gasteiger partial charge in [0, 0.05) is 29.7 Å². The summed E-state index contributed by atoms with van der Waals surface area (Å²) < 4.78 is 18.9. The lowest BCUT2D eigenvalue weighted by molar-refractivity contribution is 0.132. The second-order valence-electron chi connectivity index (χ2n) is 5.75. The molecular weight excluding hydrogens is 321 g/mol. The number of alkyl carbamates (subject to hydrolysis) is 1. The molecule has 6 heteroatoms. The highest BCUT2D eigenvalue weighted by Crippen LogP contribution is 2.37. The van der Waals surface area contributed by atoms with E-state index in [-0.39, 0.29) is 6.04 Å². The maximum atomic E-state index is 13.4. The number of carbonyl (C=O) groups is 1. The van der Waals surface area contributed by atoms with Crippen molar-refractivity contribution in [1.29, 1.82) is 0 Å². The van der Waals surface area contributed by atoms with Crippen molar-refractivity contribution in [3.8, 4) is 11.1 Å². The van der Waals surface area contributed by atoms with Gasteiger partial charge in [-0.15, -0.1) is 0 Å². The number of nitrogens with zero attached hydrogens (tertiary/aromatic N) is 2. The van der Waals surface area contributed by atoms with E-state index in [1.165, 1.54) is 6.07 Å². The van der Waals surface area contributed by atoms with Crippen LogP contribution in [0.15, 0.2) is 67.3 Å². The number of hydrogen-bond donors (Lipinski definition) is 1. The molecule has 3 heterocycles. The fourth-order valence-electron chi connectivity index (χ4n) is 2.96. The zero-order valence-corrected chi connectivity index (χ0v) is 13.1. The smallest absolute Gasteiger partial charge is 0.408 e. The Morgan fingerprint density at radius 3 is 2.64 bits per heavy atom. The van der Waals surface area contributed by atoms with Gasteiger partial charge in [0.25, 0.3) is 0 Å². The van der Waals surface area contributed by atoms with Crippen molar-refractivity contribution in [2.24, 2.45) is 0 Å². The average Bonchev–Trinajstić information content (AvgIpc) is 3.04. The van der Waals surface area contributed by atoms with Crippen LogP contribution in [0.2, 0.25) is 0 Å². The van der Waals surface area contributed by atoms with Gasteiger partial charge in [0.2, 0.25) is 0 Å². The number of ether oxygens (including phenoxy) is 1. The average molecular weight is 335 g/mol. The first-order valence-corrected chi connectivity index (χ1v) is 7.79. The molecule has 0 aliphatic carbocycles. The van der Waals surface area contributed by atoms with Crippen LogP contribution in [0.1, 0.15) is 23.3 Å². The Labute approximate surface area is 143 Å². The number of pyridine rings is 2. The largest absolute Gasteiger partial charge is 0.439 e. The normalized spacial score (nSPS) is 19.3. The number of nitrogens with one attached hydrogen (secondary N) is 1. The minimum Gasteiger partial charge on any atom is -0.439 e. The third-order valence-corrected chi connectivity index (χ3v) is 4.11. The van der Waals surface area contributed by atoms with Gasteiger partial charge >= 0.3 is 6.09 Å². The molecule has 25 heavy (non-hydrogen) atoms. The van der Waals surface area contributed by atoms with Gasteiger partial charge in [-0.1, -0.05) is 24.3 Å². The highest BCUT2D eigenvalue weighted by atomic mass is 19.1. The molecule has 4 rings (SSSR count). The molecule has 124 valence electrons. The van der Waals surface area contributed by atoms with Gasteiger partial charge < -0.3 is 10.1 Å². The Morgan fingerprint density at radius 2 is 1.84 bits per heavy atom. The Hall–Kier alpha value is -3.28. The molecule has 0 spiro atoms. The van der Waals surface area contributed by atoms with Crippen LogP contribution < -0.4 is 5.32 Å². The summed E-state index contributed by atoms with van der Waals surface area (Å²) in [5, 5.41) is 2.83. The van der Waals surface area contributed by atoms with Gasteiger partial charge in [-0.2, -0.15) is 0 Å². The van der Waals surface area contributed by atoms with Gasteiger partial charge in [-0.3, -0.25) is 9.97 Å². The van der Waals surface area contributed by atoms with Crippen molar-refractivity contribution >= 4 is 6.09 Å². The van der Waals surface area contributed by atoms with Crippen molar-refractivity contribution < 1.29 is 13.9 Å². The maximum absolute atomic E-state index is 13.4. The molecule has 2 aromatic heterocycles. The molecule has 1 amide bonds. The molecule has 0 bridgehead atoms. The number of hydrogen-bond acceptors (Lipinski definition) is 4. The first kappa shape index (κ1) is 15.3. The van der Waals surface area contributed by atoms with Crippen LogP contribution in [0.3, 0.4) is 0 Å². The van der Waals surface area contributed by atoms with Crippen LogP contribution in [0.5, 0.6) is 0 Å². The molecule has 2 atom stereocenters. The summed E-state index contributed by atoms with van der Waals surface area (Å²) in [5.41, 5.74) is 3.16. The summed E-state index contributed by atoms with van der Waals surface area (Å²) in [4.78, 5) is 19.8. The van der Waals surface area contributed by atoms with Crippen molar-refractivity contribution in [2.75, 3.05) is 0 Å². The van der Waals surface area contributed by atoms with E-state index in [1.54, 1.807) is 24.7 Å². The van der Waals surface area contributed by atoms with Crippen LogP contribution in [-0.2, 0) is 4.74 Å². The first-order valence-electron chi connectivity index (χ1n) is 7.79. The molecule has 1 fully saturated rings. The zero-order chi connectivity index (χ0) is 17.2. The Morgan fingerprint density at radius 1 is 0.960 bits per heavy atom. The molecule has 3 aromatic rings. The van der Waals surface area contributed by atoms with Crippen LogP contribution in [0.25, 0.3) is 11.1 Å². The molecule has 1 aromatic carbocycles. The first-order chi connectivity index (χ1) is 12.2. The molecule has 0 unspecified atom stereocenters. The molecule has 1 aliphatic heterocycles. The molecular formula is C19H14FN3O2. The van der Waals surface area contributed by atoms with Gasteiger partial charge in [0.05, 0.1) is 12.2 Å². The predicted octanol–water partition coefficient (Wildman–Crippen LogP) is 3.80. The number of carbonyl (C=O) groups excluding carboxylic acids is 1. The van der Waals surface area contributed by atoms with Crippen LogP contribution >= 0.6 is 0 Å². The van der Waals surface area contributed by atoms with Gasteiger partial charge in [-0.25, -0.2) is 9.18 Å². The van der Waals surface area contributed by atoms with Crippen molar-refractivity contribution in [3.63, 3.8) is 0 Å². The second kappa shape index (κ2) is 6.32. The van der Waals surface area contributed by atoms with Crippen molar-refractivity contribution in [2.45, 2.75) is 12.1 Å². The van der Waals surface area contributed by atoms with E-state index < -0.39 is 18.0 Å². The lowest BCUT2D eigenvalue weighted by Crippen LogP contribution is -2.19. The van der Waals surface area contributed by atoms with Crippen molar-refractivity contribution in [3.05, 3.63) is 84.2 Å². The minimum absolute atomic E-state index is 0.349. The molecule has 0 saturated carbocycles. The summed E-state index contributed by atoms with van der Waals surface area (Å²) in [6, 6.07) is 12.3. The number of halogens is 1. The lowest BCUT2D eigenvalue weighted by atomic mass is 9.95. The Balaban J connectivity index is 1.71. The predicted molar refractivity (Wildman–Crippen MR) is 89.0 cm³/mol. The van der Waals surface area contributed by atoms with Gasteiger partial charge in [0.15, 0.2) is 6.10 Å². The molecule has 1 N–H and O–H groups in total. The van der Waals surface area contributed by atoms with E-state index in [1.807, 2.05) is 30.3 Å². The van der Waals surface area contributed by atoms with E-state index in [0.29, 0.717) is 5.56 Å². The molecule has 5 nitrogen and oxygen atoms in total. The summed E-state index contributed by atoms with van der Waals surface area (Å²) in [7, 11) is 0. The minimum atomic E-state index is -0.475.